The van der Waals surface area contributed by atoms with E-state index in [0.29, 0.717) is 17.2 Å². The van der Waals surface area contributed by atoms with E-state index in [1.165, 1.54) is 0 Å². The first-order chi connectivity index (χ1) is 10.0. The fraction of sp³-hybridized carbons (Fsp3) is 0.312. The van der Waals surface area contributed by atoms with Crippen molar-refractivity contribution in [3.63, 3.8) is 0 Å². The molecule has 0 aliphatic rings. The minimum Gasteiger partial charge on any atom is -0.344 e. The van der Waals surface area contributed by atoms with Crippen molar-refractivity contribution in [3.8, 4) is 0 Å². The molecule has 4 nitrogen and oxygen atoms in total. The predicted octanol–water partition coefficient (Wildman–Crippen LogP) is 3.47. The molecule has 0 bridgehead atoms. The van der Waals surface area contributed by atoms with E-state index < -0.39 is 0 Å². The molecule has 0 saturated heterocycles. The van der Waals surface area contributed by atoms with Gasteiger partial charge in [-0.3, -0.25) is 10.6 Å². The summed E-state index contributed by atoms with van der Waals surface area (Å²) in [4.78, 5) is 13.7. The lowest BCUT2D eigenvalue weighted by molar-refractivity contribution is 0.0927. The van der Waals surface area contributed by atoms with Crippen LogP contribution in [-0.2, 0) is 0 Å². The minimum absolute atomic E-state index is 0.00410. The zero-order chi connectivity index (χ0) is 15.4. The van der Waals surface area contributed by atoms with Crippen LogP contribution in [0.1, 0.15) is 40.7 Å². The number of hydrogen-bond acceptors (Lipinski definition) is 4. The number of anilines is 1. The van der Waals surface area contributed by atoms with Crippen molar-refractivity contribution in [1.29, 1.82) is 0 Å². The molecule has 1 atom stereocenters. The van der Waals surface area contributed by atoms with Crippen LogP contribution in [0.3, 0.4) is 0 Å². The number of carbonyl (C=O) groups excluding carboxylic acids is 1. The fourth-order valence-corrected chi connectivity index (χ4v) is 3.18. The second kappa shape index (κ2) is 6.74. The van der Waals surface area contributed by atoms with Gasteiger partial charge in [0.05, 0.1) is 17.3 Å². The van der Waals surface area contributed by atoms with E-state index in [-0.39, 0.29) is 11.9 Å². The summed E-state index contributed by atoms with van der Waals surface area (Å²) in [5.41, 5.74) is 4.85. The third-order valence-corrected chi connectivity index (χ3v) is 4.33. The molecular formula is C16H21N3OS. The van der Waals surface area contributed by atoms with Crippen LogP contribution >= 0.6 is 11.3 Å². The van der Waals surface area contributed by atoms with Crippen molar-refractivity contribution in [2.75, 3.05) is 5.43 Å². The summed E-state index contributed by atoms with van der Waals surface area (Å²) in [6, 6.07) is 9.62. The Labute approximate surface area is 129 Å². The maximum absolute atomic E-state index is 12.5. The molecule has 1 aromatic heterocycles. The van der Waals surface area contributed by atoms with Crippen LogP contribution in [0.5, 0.6) is 0 Å². The Bertz CT molecular complexity index is 608. The lowest BCUT2D eigenvalue weighted by Crippen LogP contribution is -2.32. The van der Waals surface area contributed by atoms with E-state index in [9.17, 15) is 4.79 Å². The maximum atomic E-state index is 12.5. The molecule has 5 heteroatoms. The average Bonchev–Trinajstić information content (AvgIpc) is 2.97. The molecule has 1 amide bonds. The molecule has 0 radical (unpaired) electrons. The lowest BCUT2D eigenvalue weighted by atomic mass is 10.0. The Morgan fingerprint density at radius 2 is 2.05 bits per heavy atom. The lowest BCUT2D eigenvalue weighted by Gasteiger charge is -2.22. The van der Waals surface area contributed by atoms with Crippen molar-refractivity contribution in [1.82, 2.24) is 5.32 Å². The van der Waals surface area contributed by atoms with E-state index in [1.54, 1.807) is 17.4 Å². The summed E-state index contributed by atoms with van der Waals surface area (Å²) in [5.74, 6) is 5.71. The summed E-state index contributed by atoms with van der Waals surface area (Å²) in [6.07, 6.45) is 0. The number of hydrogen-bond donors (Lipinski definition) is 3. The van der Waals surface area contributed by atoms with E-state index in [1.807, 2.05) is 36.6 Å². The largest absolute Gasteiger partial charge is 0.344 e. The van der Waals surface area contributed by atoms with Gasteiger partial charge in [0, 0.05) is 4.88 Å². The Hall–Kier alpha value is -1.85. The molecule has 1 heterocycles. The minimum atomic E-state index is -0.116. The number of benzene rings is 1. The average molecular weight is 303 g/mol. The number of nitrogens with two attached hydrogens (primary N) is 1. The number of rotatable bonds is 5. The number of hydrazine groups is 1. The maximum Gasteiger partial charge on any atom is 0.253 e. The molecule has 0 aliphatic heterocycles. The normalized spacial score (nSPS) is 12.2. The van der Waals surface area contributed by atoms with Crippen molar-refractivity contribution in [3.05, 3.63) is 51.7 Å². The number of amides is 1. The van der Waals surface area contributed by atoms with E-state index in [0.717, 1.165) is 10.4 Å². The fourth-order valence-electron chi connectivity index (χ4n) is 2.23. The Morgan fingerprint density at radius 1 is 1.29 bits per heavy atom. The van der Waals surface area contributed by atoms with Crippen LogP contribution in [0.15, 0.2) is 35.7 Å². The van der Waals surface area contributed by atoms with Gasteiger partial charge in [0.25, 0.3) is 5.91 Å². The van der Waals surface area contributed by atoms with Gasteiger partial charge in [-0.15, -0.1) is 11.3 Å². The molecule has 2 rings (SSSR count). The van der Waals surface area contributed by atoms with Crippen LogP contribution < -0.4 is 16.6 Å². The first kappa shape index (κ1) is 15.5. The Kier molecular flexibility index (Phi) is 4.98. The standard InChI is InChI=1S/C16H21N3OS/c1-10(2)15(14-5-4-8-21-14)18-16(20)12-7-6-11(3)9-13(12)19-17/h4-10,15,19H,17H2,1-3H3,(H,18,20). The quantitative estimate of drug-likeness (QED) is 0.585. The molecule has 21 heavy (non-hydrogen) atoms. The van der Waals surface area contributed by atoms with Gasteiger partial charge < -0.3 is 10.7 Å². The monoisotopic (exact) mass is 303 g/mol. The summed E-state index contributed by atoms with van der Waals surface area (Å²) in [5, 5.41) is 5.13. The molecule has 0 aliphatic carbocycles. The molecule has 112 valence electrons. The number of aryl methyl sites for hydroxylation is 1. The van der Waals surface area contributed by atoms with Gasteiger partial charge in [-0.05, 0) is 42.0 Å². The van der Waals surface area contributed by atoms with E-state index in [2.05, 4.69) is 24.6 Å². The molecule has 1 aromatic carbocycles. The Morgan fingerprint density at radius 3 is 2.62 bits per heavy atom. The molecule has 1 unspecified atom stereocenters. The highest BCUT2D eigenvalue weighted by atomic mass is 32.1. The zero-order valence-electron chi connectivity index (χ0n) is 12.5. The zero-order valence-corrected chi connectivity index (χ0v) is 13.3. The van der Waals surface area contributed by atoms with Crippen LogP contribution in [0.4, 0.5) is 5.69 Å². The van der Waals surface area contributed by atoms with Crippen molar-refractivity contribution >= 4 is 22.9 Å². The van der Waals surface area contributed by atoms with E-state index in [4.69, 9.17) is 5.84 Å². The Balaban J connectivity index is 2.24. The highest BCUT2D eigenvalue weighted by Gasteiger charge is 2.21. The van der Waals surface area contributed by atoms with Crippen molar-refractivity contribution in [2.45, 2.75) is 26.8 Å². The summed E-state index contributed by atoms with van der Waals surface area (Å²) in [6.45, 7) is 6.16. The SMILES string of the molecule is Cc1ccc(C(=O)NC(c2cccs2)C(C)C)c(NN)c1. The van der Waals surface area contributed by atoms with Crippen LogP contribution in [0.25, 0.3) is 0 Å². The number of nitrogens with one attached hydrogen (secondary N) is 2. The topological polar surface area (TPSA) is 67.2 Å². The van der Waals surface area contributed by atoms with Gasteiger partial charge in [-0.2, -0.15) is 0 Å². The molecule has 2 aromatic rings. The summed E-state index contributed by atoms with van der Waals surface area (Å²) in [7, 11) is 0. The predicted molar refractivity (Wildman–Crippen MR) is 88.4 cm³/mol. The first-order valence-electron chi connectivity index (χ1n) is 6.94. The summed E-state index contributed by atoms with van der Waals surface area (Å²) < 4.78 is 0. The van der Waals surface area contributed by atoms with Gasteiger partial charge in [0.15, 0.2) is 0 Å². The third kappa shape index (κ3) is 3.62. The molecule has 0 saturated carbocycles. The van der Waals surface area contributed by atoms with Gasteiger partial charge in [-0.25, -0.2) is 0 Å². The van der Waals surface area contributed by atoms with Crippen LogP contribution in [0.2, 0.25) is 0 Å². The van der Waals surface area contributed by atoms with Crippen LogP contribution in [0, 0.1) is 12.8 Å². The van der Waals surface area contributed by atoms with Crippen molar-refractivity contribution in [2.24, 2.45) is 11.8 Å². The van der Waals surface area contributed by atoms with Gasteiger partial charge in [0.1, 0.15) is 0 Å². The van der Waals surface area contributed by atoms with Gasteiger partial charge in [-0.1, -0.05) is 26.0 Å². The number of thiophene rings is 1. The third-order valence-electron chi connectivity index (χ3n) is 3.38. The van der Waals surface area contributed by atoms with E-state index >= 15 is 0 Å². The highest BCUT2D eigenvalue weighted by molar-refractivity contribution is 7.10. The molecule has 4 N–H and O–H groups in total. The van der Waals surface area contributed by atoms with Crippen molar-refractivity contribution < 1.29 is 4.79 Å². The first-order valence-corrected chi connectivity index (χ1v) is 7.82. The molecule has 0 fully saturated rings. The summed E-state index contributed by atoms with van der Waals surface area (Å²) >= 11 is 1.65. The molecular weight excluding hydrogens is 282 g/mol. The second-order valence-corrected chi connectivity index (χ2v) is 6.38. The second-order valence-electron chi connectivity index (χ2n) is 5.40. The van der Waals surface area contributed by atoms with Crippen LogP contribution in [-0.4, -0.2) is 5.91 Å². The smallest absolute Gasteiger partial charge is 0.253 e. The van der Waals surface area contributed by atoms with Gasteiger partial charge in [0.2, 0.25) is 0 Å². The number of carbonyl (C=O) groups is 1. The molecule has 0 spiro atoms. The number of nitrogen functional groups attached to an aromatic ring is 1. The highest BCUT2D eigenvalue weighted by Crippen LogP contribution is 2.27. The van der Waals surface area contributed by atoms with Gasteiger partial charge >= 0.3 is 0 Å².